The van der Waals surface area contributed by atoms with Crippen LogP contribution in [-0.2, 0) is 6.18 Å². The molecule has 0 fully saturated rings. The van der Waals surface area contributed by atoms with E-state index in [1.54, 1.807) is 6.07 Å². The Hall–Kier alpha value is -2.27. The lowest BCUT2D eigenvalue weighted by Gasteiger charge is -2.09. The standard InChI is InChI=1S/C11H6F3N3OS/c12-11(13,14)6-2-1-3-7(4-6)16-10-8(5-15)9(18)17-19-10/h1-4,16H,(H,17,18). The molecule has 0 spiro atoms. The number of nitrogens with one attached hydrogen (secondary N) is 1. The number of nitriles is 1. The molecule has 4 nitrogen and oxygen atoms in total. The van der Waals surface area contributed by atoms with Crippen molar-refractivity contribution in [3.63, 3.8) is 0 Å². The van der Waals surface area contributed by atoms with E-state index in [1.807, 2.05) is 0 Å². The highest BCUT2D eigenvalue weighted by atomic mass is 32.1. The van der Waals surface area contributed by atoms with Gasteiger partial charge in [-0.05, 0) is 29.7 Å². The van der Waals surface area contributed by atoms with Gasteiger partial charge in [-0.1, -0.05) is 6.07 Å². The van der Waals surface area contributed by atoms with Crippen molar-refractivity contribution >= 4 is 22.2 Å². The molecule has 0 saturated carbocycles. The van der Waals surface area contributed by atoms with Gasteiger partial charge in [0.15, 0.2) is 5.56 Å². The van der Waals surface area contributed by atoms with Gasteiger partial charge in [-0.15, -0.1) is 0 Å². The van der Waals surface area contributed by atoms with Crippen LogP contribution >= 0.6 is 11.5 Å². The number of halogens is 3. The van der Waals surface area contributed by atoms with Crippen LogP contribution in [0.25, 0.3) is 0 Å². The monoisotopic (exact) mass is 285 g/mol. The van der Waals surface area contributed by atoms with Crippen LogP contribution in [0.1, 0.15) is 11.1 Å². The molecule has 1 heterocycles. The number of hydrogen-bond donors (Lipinski definition) is 2. The molecular weight excluding hydrogens is 279 g/mol. The highest BCUT2D eigenvalue weighted by Gasteiger charge is 2.30. The average molecular weight is 285 g/mol. The number of alkyl halides is 3. The summed E-state index contributed by atoms with van der Waals surface area (Å²) in [7, 11) is 0. The quantitative estimate of drug-likeness (QED) is 0.886. The molecule has 0 saturated heterocycles. The van der Waals surface area contributed by atoms with E-state index in [-0.39, 0.29) is 16.3 Å². The minimum absolute atomic E-state index is 0.0950. The van der Waals surface area contributed by atoms with E-state index in [4.69, 9.17) is 5.26 Å². The van der Waals surface area contributed by atoms with Crippen molar-refractivity contribution in [2.45, 2.75) is 6.18 Å². The van der Waals surface area contributed by atoms with Crippen LogP contribution in [0.2, 0.25) is 0 Å². The normalized spacial score (nSPS) is 11.1. The Morgan fingerprint density at radius 1 is 1.37 bits per heavy atom. The van der Waals surface area contributed by atoms with Crippen molar-refractivity contribution in [3.8, 4) is 11.9 Å². The summed E-state index contributed by atoms with van der Waals surface area (Å²) < 4.78 is 41.1. The number of anilines is 2. The molecule has 19 heavy (non-hydrogen) atoms. The Morgan fingerprint density at radius 2 is 2.11 bits per heavy atom. The maximum atomic E-state index is 12.5. The Morgan fingerprint density at radius 3 is 2.74 bits per heavy atom. The summed E-state index contributed by atoms with van der Waals surface area (Å²) in [4.78, 5) is 0. The lowest BCUT2D eigenvalue weighted by atomic mass is 10.2. The third kappa shape index (κ3) is 2.77. The van der Waals surface area contributed by atoms with Gasteiger partial charge in [-0.3, -0.25) is 0 Å². The van der Waals surface area contributed by atoms with Gasteiger partial charge in [0.1, 0.15) is 11.1 Å². The van der Waals surface area contributed by atoms with Crippen molar-refractivity contribution in [2.75, 3.05) is 5.32 Å². The van der Waals surface area contributed by atoms with Crippen molar-refractivity contribution < 1.29 is 18.3 Å². The van der Waals surface area contributed by atoms with Gasteiger partial charge in [0.05, 0.1) is 5.56 Å². The largest absolute Gasteiger partial charge is 0.492 e. The molecule has 0 aliphatic carbocycles. The zero-order valence-corrected chi connectivity index (χ0v) is 10.0. The molecule has 2 aromatic rings. The maximum Gasteiger partial charge on any atom is 0.416 e. The Kier molecular flexibility index (Phi) is 3.31. The second-order valence-corrected chi connectivity index (χ2v) is 4.30. The molecule has 2 rings (SSSR count). The van der Waals surface area contributed by atoms with E-state index in [0.717, 1.165) is 23.7 Å². The van der Waals surface area contributed by atoms with Crippen molar-refractivity contribution in [1.82, 2.24) is 4.37 Å². The maximum absolute atomic E-state index is 12.5. The van der Waals surface area contributed by atoms with E-state index < -0.39 is 17.6 Å². The molecule has 0 radical (unpaired) electrons. The second kappa shape index (κ2) is 4.78. The Labute approximate surface area is 109 Å². The summed E-state index contributed by atoms with van der Waals surface area (Å²) in [6.07, 6.45) is -4.44. The predicted molar refractivity (Wildman–Crippen MR) is 63.2 cm³/mol. The summed E-state index contributed by atoms with van der Waals surface area (Å²) in [6, 6.07) is 6.25. The van der Waals surface area contributed by atoms with E-state index in [0.29, 0.717) is 0 Å². The van der Waals surface area contributed by atoms with E-state index in [1.165, 1.54) is 12.1 Å². The van der Waals surface area contributed by atoms with Gasteiger partial charge >= 0.3 is 6.18 Å². The highest BCUT2D eigenvalue weighted by molar-refractivity contribution is 7.10. The average Bonchev–Trinajstić information content (AvgIpc) is 2.69. The fraction of sp³-hybridized carbons (Fsp3) is 0.0909. The predicted octanol–water partition coefficient (Wildman–Crippen LogP) is 3.48. The lowest BCUT2D eigenvalue weighted by Crippen LogP contribution is -2.05. The highest BCUT2D eigenvalue weighted by Crippen LogP contribution is 2.34. The number of aromatic hydroxyl groups is 1. The molecule has 0 amide bonds. The minimum atomic E-state index is -4.44. The molecule has 0 aliphatic heterocycles. The summed E-state index contributed by atoms with van der Waals surface area (Å²) in [5.74, 6) is -0.443. The van der Waals surface area contributed by atoms with Gasteiger partial charge in [0.25, 0.3) is 0 Å². The summed E-state index contributed by atoms with van der Waals surface area (Å²) >= 11 is 0.794. The van der Waals surface area contributed by atoms with Crippen LogP contribution < -0.4 is 5.32 Å². The first-order valence-electron chi connectivity index (χ1n) is 4.95. The zero-order valence-electron chi connectivity index (χ0n) is 9.19. The lowest BCUT2D eigenvalue weighted by molar-refractivity contribution is -0.137. The molecular formula is C11H6F3N3OS. The van der Waals surface area contributed by atoms with Crippen molar-refractivity contribution in [1.29, 1.82) is 5.26 Å². The van der Waals surface area contributed by atoms with E-state index >= 15 is 0 Å². The van der Waals surface area contributed by atoms with Crippen LogP contribution in [-0.4, -0.2) is 9.48 Å². The molecule has 0 aliphatic rings. The molecule has 98 valence electrons. The number of benzene rings is 1. The van der Waals surface area contributed by atoms with Crippen molar-refractivity contribution in [3.05, 3.63) is 35.4 Å². The van der Waals surface area contributed by atoms with Gasteiger partial charge in [-0.2, -0.15) is 22.8 Å². The first-order chi connectivity index (χ1) is 8.91. The van der Waals surface area contributed by atoms with Crippen LogP contribution in [0.15, 0.2) is 24.3 Å². The molecule has 8 heteroatoms. The molecule has 1 aromatic carbocycles. The van der Waals surface area contributed by atoms with Crippen LogP contribution in [0.4, 0.5) is 23.9 Å². The Bertz CT molecular complexity index is 645. The van der Waals surface area contributed by atoms with Crippen molar-refractivity contribution in [2.24, 2.45) is 0 Å². The minimum Gasteiger partial charge on any atom is -0.492 e. The summed E-state index contributed by atoms with van der Waals surface area (Å²) in [5.41, 5.74) is -0.734. The number of hydrogen-bond acceptors (Lipinski definition) is 5. The fourth-order valence-electron chi connectivity index (χ4n) is 1.37. The summed E-state index contributed by atoms with van der Waals surface area (Å²) in [5, 5.41) is 20.9. The number of rotatable bonds is 2. The smallest absolute Gasteiger partial charge is 0.416 e. The molecule has 0 atom stereocenters. The van der Waals surface area contributed by atoms with E-state index in [9.17, 15) is 18.3 Å². The van der Waals surface area contributed by atoms with Crippen LogP contribution in [0.3, 0.4) is 0 Å². The van der Waals surface area contributed by atoms with Crippen LogP contribution in [0, 0.1) is 11.3 Å². The number of nitrogens with zero attached hydrogens (tertiary/aromatic N) is 2. The third-order valence-corrected chi connectivity index (χ3v) is 2.99. The molecule has 2 N–H and O–H groups in total. The molecule has 1 aromatic heterocycles. The van der Waals surface area contributed by atoms with Gasteiger partial charge in [-0.25, -0.2) is 0 Å². The first-order valence-corrected chi connectivity index (χ1v) is 5.72. The Balaban J connectivity index is 2.32. The SMILES string of the molecule is N#Cc1c(O)nsc1Nc1cccc(C(F)(F)F)c1. The molecule has 0 unspecified atom stereocenters. The fourth-order valence-corrected chi connectivity index (χ4v) is 2.03. The van der Waals surface area contributed by atoms with Gasteiger partial charge in [0, 0.05) is 5.69 Å². The number of aromatic nitrogens is 1. The molecule has 0 bridgehead atoms. The second-order valence-electron chi connectivity index (χ2n) is 3.53. The van der Waals surface area contributed by atoms with Gasteiger partial charge < -0.3 is 10.4 Å². The van der Waals surface area contributed by atoms with Crippen LogP contribution in [0.5, 0.6) is 5.88 Å². The third-order valence-electron chi connectivity index (χ3n) is 2.23. The van der Waals surface area contributed by atoms with E-state index in [2.05, 4.69) is 9.69 Å². The van der Waals surface area contributed by atoms with Gasteiger partial charge in [0.2, 0.25) is 5.88 Å². The summed E-state index contributed by atoms with van der Waals surface area (Å²) in [6.45, 7) is 0. The zero-order chi connectivity index (χ0) is 14.0. The first kappa shape index (κ1) is 13.2. The topological polar surface area (TPSA) is 68.9 Å².